The fraction of sp³-hybridized carbons (Fsp3) is 0.312. The van der Waals surface area contributed by atoms with E-state index in [1.807, 2.05) is 72.8 Å². The zero-order chi connectivity index (χ0) is 25.9. The molecule has 1 aliphatic heterocycles. The van der Waals surface area contributed by atoms with E-state index in [0.29, 0.717) is 19.5 Å². The maximum absolute atomic E-state index is 13.3. The number of benzene rings is 3. The Balaban J connectivity index is 1.40. The van der Waals surface area contributed by atoms with Crippen molar-refractivity contribution in [2.24, 2.45) is 0 Å². The van der Waals surface area contributed by atoms with Crippen molar-refractivity contribution in [2.45, 2.75) is 39.2 Å². The number of aryl methyl sites for hydroxylation is 1. The average Bonchev–Trinajstić information content (AvgIpc) is 2.92. The Bertz CT molecular complexity index is 1180. The predicted octanol–water partition coefficient (Wildman–Crippen LogP) is 5.39. The van der Waals surface area contributed by atoms with Crippen LogP contribution in [0.15, 0.2) is 84.9 Å². The lowest BCUT2D eigenvalue weighted by Gasteiger charge is -2.26. The largest absolute Gasteiger partial charge is 0.355 e. The number of carbonyl (C=O) groups is 2. The van der Waals surface area contributed by atoms with Crippen molar-refractivity contribution in [3.63, 3.8) is 0 Å². The summed E-state index contributed by atoms with van der Waals surface area (Å²) in [6, 6.07) is 25.8. The molecule has 0 saturated carbocycles. The molecule has 192 valence electrons. The highest BCUT2D eigenvalue weighted by molar-refractivity contribution is 6.03. The summed E-state index contributed by atoms with van der Waals surface area (Å²) in [6.07, 6.45) is 7.62. The molecular weight excluding hydrogens is 458 g/mol. The molecule has 37 heavy (non-hydrogen) atoms. The first-order chi connectivity index (χ1) is 18.1. The molecule has 3 aromatic carbocycles. The van der Waals surface area contributed by atoms with Gasteiger partial charge in [0.2, 0.25) is 5.91 Å². The fourth-order valence-electron chi connectivity index (χ4n) is 4.69. The van der Waals surface area contributed by atoms with Crippen LogP contribution in [0.4, 0.5) is 5.69 Å². The van der Waals surface area contributed by atoms with E-state index in [4.69, 9.17) is 0 Å². The van der Waals surface area contributed by atoms with Gasteiger partial charge >= 0.3 is 0 Å². The molecule has 0 unspecified atom stereocenters. The highest BCUT2D eigenvalue weighted by atomic mass is 16.2. The summed E-state index contributed by atoms with van der Waals surface area (Å²) in [6.45, 7) is 6.39. The topological polar surface area (TPSA) is 52.7 Å². The molecule has 0 aromatic heterocycles. The van der Waals surface area contributed by atoms with Gasteiger partial charge in [-0.3, -0.25) is 9.59 Å². The van der Waals surface area contributed by atoms with Crippen LogP contribution in [-0.4, -0.2) is 42.9 Å². The number of hydrogen-bond donors (Lipinski definition) is 1. The van der Waals surface area contributed by atoms with Crippen LogP contribution in [0.5, 0.6) is 0 Å². The van der Waals surface area contributed by atoms with E-state index in [-0.39, 0.29) is 11.8 Å². The maximum Gasteiger partial charge on any atom is 0.251 e. The summed E-state index contributed by atoms with van der Waals surface area (Å²) in [7, 11) is 0. The van der Waals surface area contributed by atoms with E-state index in [0.717, 1.165) is 47.6 Å². The fourth-order valence-corrected chi connectivity index (χ4v) is 4.69. The summed E-state index contributed by atoms with van der Waals surface area (Å²) in [5, 5.41) is 3.05. The monoisotopic (exact) mass is 495 g/mol. The molecule has 5 heteroatoms. The molecule has 0 radical (unpaired) electrons. The van der Waals surface area contributed by atoms with Crippen molar-refractivity contribution in [1.29, 1.82) is 0 Å². The van der Waals surface area contributed by atoms with Crippen LogP contribution in [0.25, 0.3) is 6.08 Å². The van der Waals surface area contributed by atoms with Gasteiger partial charge in [0.15, 0.2) is 0 Å². The number of rotatable bonds is 10. The zero-order valence-corrected chi connectivity index (χ0v) is 21.7. The third-order valence-corrected chi connectivity index (χ3v) is 6.72. The van der Waals surface area contributed by atoms with Crippen molar-refractivity contribution < 1.29 is 9.59 Å². The van der Waals surface area contributed by atoms with E-state index in [1.165, 1.54) is 19.3 Å². The van der Waals surface area contributed by atoms with E-state index in [2.05, 4.69) is 29.3 Å². The van der Waals surface area contributed by atoms with Crippen LogP contribution < -0.4 is 10.2 Å². The van der Waals surface area contributed by atoms with Crippen LogP contribution in [-0.2, 0) is 22.6 Å². The van der Waals surface area contributed by atoms with Crippen molar-refractivity contribution >= 4 is 23.6 Å². The molecule has 4 rings (SSSR count). The quantitative estimate of drug-likeness (QED) is 0.384. The smallest absolute Gasteiger partial charge is 0.251 e. The third-order valence-electron chi connectivity index (χ3n) is 6.72. The number of hydrogen-bond acceptors (Lipinski definition) is 3. The summed E-state index contributed by atoms with van der Waals surface area (Å²) >= 11 is 0. The molecule has 0 atom stereocenters. The summed E-state index contributed by atoms with van der Waals surface area (Å²) in [5.41, 5.74) is 4.94. The van der Waals surface area contributed by atoms with Gasteiger partial charge in [-0.25, -0.2) is 0 Å². The molecule has 0 spiro atoms. The van der Waals surface area contributed by atoms with Gasteiger partial charge < -0.3 is 15.1 Å². The Morgan fingerprint density at radius 2 is 1.65 bits per heavy atom. The van der Waals surface area contributed by atoms with Crippen molar-refractivity contribution in [1.82, 2.24) is 10.2 Å². The number of nitrogens with zero attached hydrogens (tertiary/aromatic N) is 2. The van der Waals surface area contributed by atoms with Gasteiger partial charge in [-0.1, -0.05) is 78.7 Å². The minimum atomic E-state index is -0.0893. The van der Waals surface area contributed by atoms with Crippen LogP contribution in [0, 0.1) is 6.92 Å². The van der Waals surface area contributed by atoms with E-state index < -0.39 is 0 Å². The van der Waals surface area contributed by atoms with Crippen LogP contribution in [0.1, 0.15) is 41.5 Å². The molecule has 1 heterocycles. The lowest BCUT2D eigenvalue weighted by Crippen LogP contribution is -2.38. The zero-order valence-electron chi connectivity index (χ0n) is 21.7. The molecule has 1 aliphatic rings. The minimum absolute atomic E-state index is 0.0308. The van der Waals surface area contributed by atoms with Gasteiger partial charge in [-0.15, -0.1) is 0 Å². The minimum Gasteiger partial charge on any atom is -0.355 e. The van der Waals surface area contributed by atoms with Gasteiger partial charge in [-0.05, 0) is 67.8 Å². The SMILES string of the molecule is Cc1cccc(CN(C(=O)/C=C/c2ccccc2)c2ccc(CC(=O)NCCN3CCCCC3)cc2)c1. The molecule has 1 fully saturated rings. The number of carbonyl (C=O) groups excluding carboxylic acids is 2. The molecule has 1 saturated heterocycles. The second-order valence-electron chi connectivity index (χ2n) is 9.75. The standard InChI is InChI=1S/C32H37N3O2/c1-26-9-8-12-29(23-26)25-35(32(37)18-15-27-10-4-2-5-11-27)30-16-13-28(14-17-30)24-31(36)33-19-22-34-20-6-3-7-21-34/h2,4-5,8-18,23H,3,6-7,19-22,24-25H2,1H3,(H,33,36)/b18-15+. The van der Waals surface area contributed by atoms with E-state index in [1.54, 1.807) is 11.0 Å². The first-order valence-corrected chi connectivity index (χ1v) is 13.2. The molecule has 2 amide bonds. The Kier molecular flexibility index (Phi) is 9.67. The van der Waals surface area contributed by atoms with Gasteiger partial charge in [0.25, 0.3) is 5.91 Å². The molecule has 0 aliphatic carbocycles. The number of piperidine rings is 1. The van der Waals surface area contributed by atoms with Gasteiger partial charge in [-0.2, -0.15) is 0 Å². The van der Waals surface area contributed by atoms with E-state index in [9.17, 15) is 9.59 Å². The lowest BCUT2D eigenvalue weighted by atomic mass is 10.1. The van der Waals surface area contributed by atoms with Gasteiger partial charge in [0, 0.05) is 24.9 Å². The Morgan fingerprint density at radius 1 is 0.892 bits per heavy atom. The normalized spacial score (nSPS) is 14.0. The van der Waals surface area contributed by atoms with Crippen molar-refractivity contribution in [3.8, 4) is 0 Å². The van der Waals surface area contributed by atoms with Crippen LogP contribution in [0.2, 0.25) is 0 Å². The van der Waals surface area contributed by atoms with Crippen LogP contribution in [0.3, 0.4) is 0 Å². The Hall–Kier alpha value is -3.70. The molecule has 3 aromatic rings. The highest BCUT2D eigenvalue weighted by Gasteiger charge is 2.15. The molecule has 1 N–H and O–H groups in total. The number of anilines is 1. The molecule has 0 bridgehead atoms. The first kappa shape index (κ1) is 26.4. The second-order valence-corrected chi connectivity index (χ2v) is 9.75. The second kappa shape index (κ2) is 13.6. The van der Waals surface area contributed by atoms with Crippen molar-refractivity contribution in [2.75, 3.05) is 31.1 Å². The molecule has 5 nitrogen and oxygen atoms in total. The first-order valence-electron chi connectivity index (χ1n) is 13.2. The third kappa shape index (κ3) is 8.43. The van der Waals surface area contributed by atoms with Gasteiger partial charge in [0.05, 0.1) is 13.0 Å². The lowest BCUT2D eigenvalue weighted by molar-refractivity contribution is -0.120. The number of amides is 2. The maximum atomic E-state index is 13.3. The van der Waals surface area contributed by atoms with E-state index >= 15 is 0 Å². The van der Waals surface area contributed by atoms with Gasteiger partial charge in [0.1, 0.15) is 0 Å². The van der Waals surface area contributed by atoms with Crippen LogP contribution >= 0.6 is 0 Å². The summed E-state index contributed by atoms with van der Waals surface area (Å²) in [4.78, 5) is 30.0. The van der Waals surface area contributed by atoms with Crippen molar-refractivity contribution in [3.05, 3.63) is 107 Å². The molecular formula is C32H37N3O2. The number of likely N-dealkylation sites (tertiary alicyclic amines) is 1. The Labute approximate surface area is 220 Å². The Morgan fingerprint density at radius 3 is 2.38 bits per heavy atom. The number of nitrogens with one attached hydrogen (secondary N) is 1. The average molecular weight is 496 g/mol. The summed E-state index contributed by atoms with van der Waals surface area (Å²) < 4.78 is 0. The highest BCUT2D eigenvalue weighted by Crippen LogP contribution is 2.20. The summed E-state index contributed by atoms with van der Waals surface area (Å²) in [5.74, 6) is -0.0585. The predicted molar refractivity (Wildman–Crippen MR) is 151 cm³/mol.